The number of hydrogen-bond donors (Lipinski definition) is 1. The number of carbonyl (C=O) groups excluding carboxylic acids is 1. The summed E-state index contributed by atoms with van der Waals surface area (Å²) in [5.74, 6) is 0.458. The van der Waals surface area contributed by atoms with Crippen molar-refractivity contribution in [3.05, 3.63) is 91.6 Å². The molecule has 0 radical (unpaired) electrons. The van der Waals surface area contributed by atoms with Crippen LogP contribution in [-0.4, -0.2) is 26.9 Å². The van der Waals surface area contributed by atoms with Crippen molar-refractivity contribution < 1.29 is 4.79 Å². The maximum atomic E-state index is 13.7. The summed E-state index contributed by atoms with van der Waals surface area (Å²) in [6, 6.07) is 13.1. The highest BCUT2D eigenvalue weighted by atomic mass is 32.1. The number of thiophene rings is 1. The van der Waals surface area contributed by atoms with Gasteiger partial charge in [-0.25, -0.2) is 0 Å². The molecule has 1 aliphatic carbocycles. The molecule has 1 saturated carbocycles. The van der Waals surface area contributed by atoms with Crippen LogP contribution in [0.5, 0.6) is 0 Å². The summed E-state index contributed by atoms with van der Waals surface area (Å²) in [6.45, 7) is 1.75. The fourth-order valence-corrected chi connectivity index (χ4v) is 5.70. The number of hydrogen-bond acceptors (Lipinski definition) is 4. The number of aromatic amines is 1. The van der Waals surface area contributed by atoms with Crippen molar-refractivity contribution >= 4 is 27.3 Å². The van der Waals surface area contributed by atoms with Gasteiger partial charge in [0.05, 0.1) is 5.56 Å². The molecule has 4 heterocycles. The first-order valence-corrected chi connectivity index (χ1v) is 12.2. The number of benzene rings is 1. The molecule has 3 aromatic heterocycles. The number of pyridine rings is 2. The van der Waals surface area contributed by atoms with Crippen LogP contribution in [0.15, 0.2) is 63.6 Å². The molecular formula is C26H23N3O3S. The first kappa shape index (κ1) is 20.2. The van der Waals surface area contributed by atoms with Crippen LogP contribution in [0.1, 0.15) is 34.5 Å². The molecule has 2 aliphatic rings. The Morgan fingerprint density at radius 1 is 1.09 bits per heavy atom. The summed E-state index contributed by atoms with van der Waals surface area (Å²) >= 11 is 1.65. The molecule has 1 aromatic carbocycles. The average molecular weight is 458 g/mol. The maximum Gasteiger partial charge on any atom is 0.258 e. The third kappa shape index (κ3) is 3.62. The molecular weight excluding hydrogens is 434 g/mol. The summed E-state index contributed by atoms with van der Waals surface area (Å²) in [6.07, 6.45) is 4.46. The minimum Gasteiger partial charge on any atom is -0.334 e. The van der Waals surface area contributed by atoms with Gasteiger partial charge in [-0.2, -0.15) is 0 Å². The van der Waals surface area contributed by atoms with Crippen LogP contribution in [-0.2, 0) is 19.5 Å². The van der Waals surface area contributed by atoms with Crippen LogP contribution in [0.25, 0.3) is 21.2 Å². The van der Waals surface area contributed by atoms with Gasteiger partial charge in [0, 0.05) is 59.8 Å². The van der Waals surface area contributed by atoms with Crippen molar-refractivity contribution in [3.8, 4) is 11.1 Å². The van der Waals surface area contributed by atoms with E-state index in [4.69, 9.17) is 0 Å². The Hall–Kier alpha value is -3.45. The molecule has 6 nitrogen and oxygen atoms in total. The fraction of sp³-hybridized carbons (Fsp3) is 0.269. The highest BCUT2D eigenvalue weighted by Gasteiger charge is 2.29. The highest BCUT2D eigenvalue weighted by Crippen LogP contribution is 2.35. The minimum absolute atomic E-state index is 0.0713. The molecule has 6 rings (SSSR count). The fourth-order valence-electron chi connectivity index (χ4n) is 4.77. The lowest BCUT2D eigenvalue weighted by atomic mass is 9.98. The van der Waals surface area contributed by atoms with Crippen molar-refractivity contribution in [2.24, 2.45) is 5.92 Å². The molecule has 1 aliphatic heterocycles. The predicted octanol–water partition coefficient (Wildman–Crippen LogP) is 4.03. The zero-order chi connectivity index (χ0) is 22.5. The second-order valence-corrected chi connectivity index (χ2v) is 9.87. The van der Waals surface area contributed by atoms with Crippen LogP contribution < -0.4 is 11.1 Å². The molecule has 1 fully saturated rings. The number of H-pyrrole nitrogens is 1. The number of carbonyl (C=O) groups is 1. The minimum atomic E-state index is -0.230. The number of fused-ring (bicyclic) bond motifs is 2. The van der Waals surface area contributed by atoms with E-state index in [1.807, 2.05) is 22.8 Å². The molecule has 7 heteroatoms. The van der Waals surface area contributed by atoms with Crippen LogP contribution in [0.2, 0.25) is 0 Å². The van der Waals surface area contributed by atoms with E-state index in [0.717, 1.165) is 33.5 Å². The molecule has 0 bridgehead atoms. The van der Waals surface area contributed by atoms with Gasteiger partial charge in [0.15, 0.2) is 0 Å². The summed E-state index contributed by atoms with van der Waals surface area (Å²) in [7, 11) is 0. The molecule has 1 amide bonds. The van der Waals surface area contributed by atoms with Gasteiger partial charge in [-0.1, -0.05) is 18.2 Å². The Morgan fingerprint density at radius 2 is 1.97 bits per heavy atom. The maximum absolute atomic E-state index is 13.7. The summed E-state index contributed by atoms with van der Waals surface area (Å²) in [5.41, 5.74) is 4.06. The summed E-state index contributed by atoms with van der Waals surface area (Å²) in [5, 5.41) is 3.19. The van der Waals surface area contributed by atoms with E-state index >= 15 is 0 Å². The van der Waals surface area contributed by atoms with E-state index < -0.39 is 0 Å². The van der Waals surface area contributed by atoms with Crippen molar-refractivity contribution in [3.63, 3.8) is 0 Å². The average Bonchev–Trinajstić information content (AvgIpc) is 3.52. The Kier molecular flexibility index (Phi) is 4.80. The molecule has 166 valence electrons. The first-order chi connectivity index (χ1) is 16.1. The second kappa shape index (κ2) is 7.85. The predicted molar refractivity (Wildman–Crippen MR) is 130 cm³/mol. The molecule has 33 heavy (non-hydrogen) atoms. The SMILES string of the molecule is O=C(c1ccc(=O)[nH]c1)N1CCc2c(cc(-c3cccc4ccsc34)c(=O)n2CC2CC2)C1. The third-order valence-electron chi connectivity index (χ3n) is 6.70. The van der Waals surface area contributed by atoms with Crippen LogP contribution >= 0.6 is 11.3 Å². The van der Waals surface area contributed by atoms with Crippen molar-refractivity contribution in [1.29, 1.82) is 0 Å². The second-order valence-electron chi connectivity index (χ2n) is 8.95. The van der Waals surface area contributed by atoms with E-state index in [2.05, 4.69) is 22.5 Å². The standard InChI is InChI=1S/C26H23N3O3S/c30-23-7-6-18(13-27-23)25(31)28-10-8-22-19(15-28)12-21(26(32)29(22)14-16-4-5-16)20-3-1-2-17-9-11-33-24(17)20/h1-3,6-7,9,11-13,16H,4-5,8,10,14-15H2,(H,27,30). The lowest BCUT2D eigenvalue weighted by molar-refractivity contribution is 0.0731. The topological polar surface area (TPSA) is 75.2 Å². The third-order valence-corrected chi connectivity index (χ3v) is 7.66. The zero-order valence-corrected chi connectivity index (χ0v) is 18.9. The smallest absolute Gasteiger partial charge is 0.258 e. The van der Waals surface area contributed by atoms with Crippen molar-refractivity contribution in [2.75, 3.05) is 6.54 Å². The van der Waals surface area contributed by atoms with Gasteiger partial charge in [-0.3, -0.25) is 14.4 Å². The van der Waals surface area contributed by atoms with Crippen molar-refractivity contribution in [1.82, 2.24) is 14.5 Å². The molecule has 0 spiro atoms. The molecule has 4 aromatic rings. The van der Waals surface area contributed by atoms with E-state index in [0.29, 0.717) is 36.6 Å². The number of amides is 1. The van der Waals surface area contributed by atoms with Crippen molar-refractivity contribution in [2.45, 2.75) is 32.4 Å². The van der Waals surface area contributed by atoms with Gasteiger partial charge in [0.1, 0.15) is 0 Å². The normalized spacial score (nSPS) is 15.6. The Balaban J connectivity index is 1.45. The summed E-state index contributed by atoms with van der Waals surface area (Å²) < 4.78 is 3.10. The monoisotopic (exact) mass is 457 g/mol. The van der Waals surface area contributed by atoms with E-state index in [1.165, 1.54) is 25.1 Å². The van der Waals surface area contributed by atoms with E-state index in [9.17, 15) is 14.4 Å². The van der Waals surface area contributed by atoms with Gasteiger partial charge >= 0.3 is 0 Å². The number of nitrogens with one attached hydrogen (secondary N) is 1. The lowest BCUT2D eigenvalue weighted by Gasteiger charge is -2.31. The molecule has 0 atom stereocenters. The Labute approximate surface area is 194 Å². The Morgan fingerprint density at radius 3 is 2.76 bits per heavy atom. The number of rotatable bonds is 4. The number of aromatic nitrogens is 2. The Bertz CT molecular complexity index is 1490. The van der Waals surface area contributed by atoms with Gasteiger partial charge in [0.25, 0.3) is 11.5 Å². The molecule has 0 saturated heterocycles. The summed E-state index contributed by atoms with van der Waals surface area (Å²) in [4.78, 5) is 42.6. The highest BCUT2D eigenvalue weighted by molar-refractivity contribution is 7.17. The first-order valence-electron chi connectivity index (χ1n) is 11.3. The number of nitrogens with zero attached hydrogens (tertiary/aromatic N) is 2. The molecule has 1 N–H and O–H groups in total. The van der Waals surface area contributed by atoms with Gasteiger partial charge in [0.2, 0.25) is 5.56 Å². The van der Waals surface area contributed by atoms with Gasteiger partial charge < -0.3 is 14.5 Å². The zero-order valence-electron chi connectivity index (χ0n) is 18.0. The van der Waals surface area contributed by atoms with Crippen LogP contribution in [0.4, 0.5) is 0 Å². The van der Waals surface area contributed by atoms with Crippen LogP contribution in [0, 0.1) is 5.92 Å². The van der Waals surface area contributed by atoms with Crippen LogP contribution in [0.3, 0.4) is 0 Å². The lowest BCUT2D eigenvalue weighted by Crippen LogP contribution is -2.40. The molecule has 0 unspecified atom stereocenters. The largest absolute Gasteiger partial charge is 0.334 e. The van der Waals surface area contributed by atoms with E-state index in [-0.39, 0.29) is 17.0 Å². The van der Waals surface area contributed by atoms with Gasteiger partial charge in [-0.15, -0.1) is 11.3 Å². The van der Waals surface area contributed by atoms with Gasteiger partial charge in [-0.05, 0) is 53.3 Å². The van der Waals surface area contributed by atoms with E-state index in [1.54, 1.807) is 22.3 Å². The quantitative estimate of drug-likeness (QED) is 0.503.